The predicted octanol–water partition coefficient (Wildman–Crippen LogP) is 3.19. The van der Waals surface area contributed by atoms with Crippen LogP contribution in [0.2, 0.25) is 0 Å². The number of carbonyl (C=O) groups is 1. The fourth-order valence-electron chi connectivity index (χ4n) is 3.16. The Bertz CT molecular complexity index is 1000. The van der Waals surface area contributed by atoms with E-state index >= 15 is 0 Å². The van der Waals surface area contributed by atoms with Crippen LogP contribution in [0.3, 0.4) is 0 Å². The number of fused-ring (bicyclic) bond motifs is 1. The second-order valence-corrected chi connectivity index (χ2v) is 7.35. The summed E-state index contributed by atoms with van der Waals surface area (Å²) in [6, 6.07) is 7.30. The first-order chi connectivity index (χ1) is 14.2. The van der Waals surface area contributed by atoms with Crippen molar-refractivity contribution < 1.29 is 19.0 Å². The Hall–Kier alpha value is -2.91. The quantitative estimate of drug-likeness (QED) is 0.663. The lowest BCUT2D eigenvalue weighted by Gasteiger charge is -2.29. The van der Waals surface area contributed by atoms with Crippen molar-refractivity contribution in [3.63, 3.8) is 0 Å². The van der Waals surface area contributed by atoms with E-state index in [4.69, 9.17) is 14.2 Å². The number of thiazole rings is 1. The first kappa shape index (κ1) is 19.4. The van der Waals surface area contributed by atoms with Gasteiger partial charge in [-0.15, -0.1) is 0 Å². The van der Waals surface area contributed by atoms with E-state index in [0.717, 1.165) is 29.0 Å². The number of benzene rings is 1. The molecule has 0 unspecified atom stereocenters. The Morgan fingerprint density at radius 1 is 1.28 bits per heavy atom. The maximum Gasteiger partial charge on any atom is 0.259 e. The second-order valence-electron chi connectivity index (χ2n) is 6.36. The zero-order valence-electron chi connectivity index (χ0n) is 16.3. The molecule has 3 aromatic rings. The summed E-state index contributed by atoms with van der Waals surface area (Å²) in [5.74, 6) is 0.895. The van der Waals surface area contributed by atoms with Crippen LogP contribution in [0, 0.1) is 0 Å². The van der Waals surface area contributed by atoms with Gasteiger partial charge >= 0.3 is 0 Å². The molecule has 29 heavy (non-hydrogen) atoms. The molecule has 1 amide bonds. The van der Waals surface area contributed by atoms with Gasteiger partial charge in [-0.05, 0) is 25.1 Å². The third-order valence-corrected chi connectivity index (χ3v) is 5.56. The zero-order chi connectivity index (χ0) is 20.2. The van der Waals surface area contributed by atoms with Crippen LogP contribution in [0.5, 0.6) is 11.6 Å². The highest BCUT2D eigenvalue weighted by atomic mass is 32.1. The van der Waals surface area contributed by atoms with Gasteiger partial charge in [0.2, 0.25) is 5.88 Å². The molecule has 1 N–H and O–H groups in total. The lowest BCUT2D eigenvalue weighted by Crippen LogP contribution is -2.36. The van der Waals surface area contributed by atoms with E-state index in [2.05, 4.69) is 20.2 Å². The van der Waals surface area contributed by atoms with Gasteiger partial charge < -0.3 is 19.1 Å². The maximum absolute atomic E-state index is 12.6. The molecule has 1 aliphatic rings. The van der Waals surface area contributed by atoms with Crippen molar-refractivity contribution in [3.8, 4) is 11.6 Å². The van der Waals surface area contributed by atoms with Crippen molar-refractivity contribution in [1.82, 2.24) is 9.97 Å². The van der Waals surface area contributed by atoms with E-state index in [-0.39, 0.29) is 5.91 Å². The van der Waals surface area contributed by atoms with Gasteiger partial charge in [-0.2, -0.15) is 0 Å². The van der Waals surface area contributed by atoms with Gasteiger partial charge in [0, 0.05) is 25.4 Å². The summed E-state index contributed by atoms with van der Waals surface area (Å²) in [4.78, 5) is 23.6. The van der Waals surface area contributed by atoms with Crippen molar-refractivity contribution in [2.75, 3.05) is 50.2 Å². The van der Waals surface area contributed by atoms with Crippen molar-refractivity contribution in [3.05, 3.63) is 36.0 Å². The summed E-state index contributed by atoms with van der Waals surface area (Å²) in [6.07, 6.45) is 1.49. The molecule has 4 rings (SSSR count). The Morgan fingerprint density at radius 3 is 2.79 bits per heavy atom. The topological polar surface area (TPSA) is 85.8 Å². The van der Waals surface area contributed by atoms with Crippen molar-refractivity contribution in [2.45, 2.75) is 6.92 Å². The SMILES string of the molecule is CCOc1ccc(C(=O)Nc2nc3c(OC)ccc(N4CCOCC4)c3s2)cn1. The van der Waals surface area contributed by atoms with Gasteiger partial charge in [-0.25, -0.2) is 9.97 Å². The molecular formula is C20H22N4O4S. The molecule has 1 aromatic carbocycles. The summed E-state index contributed by atoms with van der Waals surface area (Å²) in [6.45, 7) is 5.44. The Kier molecular flexibility index (Phi) is 5.77. The highest BCUT2D eigenvalue weighted by Gasteiger charge is 2.20. The average Bonchev–Trinajstić information content (AvgIpc) is 3.18. The number of morpholine rings is 1. The monoisotopic (exact) mass is 414 g/mol. The van der Waals surface area contributed by atoms with Crippen molar-refractivity contribution >= 4 is 38.3 Å². The van der Waals surface area contributed by atoms with Gasteiger partial charge in [0.15, 0.2) is 5.13 Å². The number of methoxy groups -OCH3 is 1. The summed E-state index contributed by atoms with van der Waals surface area (Å²) >= 11 is 1.43. The molecule has 1 aliphatic heterocycles. The number of hydrogen-bond donors (Lipinski definition) is 1. The second kappa shape index (κ2) is 8.62. The number of carbonyl (C=O) groups excluding carboxylic acids is 1. The number of hydrogen-bond acceptors (Lipinski definition) is 8. The zero-order valence-corrected chi connectivity index (χ0v) is 17.1. The predicted molar refractivity (Wildman–Crippen MR) is 113 cm³/mol. The van der Waals surface area contributed by atoms with Crippen LogP contribution in [0.15, 0.2) is 30.5 Å². The Labute approximate surface area is 172 Å². The fraction of sp³-hybridized carbons (Fsp3) is 0.350. The summed E-state index contributed by atoms with van der Waals surface area (Å²) in [5.41, 5.74) is 2.25. The van der Waals surface area contributed by atoms with E-state index in [1.54, 1.807) is 19.2 Å². The molecule has 1 saturated heterocycles. The molecule has 0 spiro atoms. The highest BCUT2D eigenvalue weighted by molar-refractivity contribution is 7.23. The number of anilines is 2. The molecule has 0 radical (unpaired) electrons. The maximum atomic E-state index is 12.6. The minimum Gasteiger partial charge on any atom is -0.494 e. The van der Waals surface area contributed by atoms with Crippen molar-refractivity contribution in [2.24, 2.45) is 0 Å². The van der Waals surface area contributed by atoms with E-state index in [9.17, 15) is 4.79 Å². The Morgan fingerprint density at radius 2 is 2.10 bits per heavy atom. The molecule has 152 valence electrons. The molecule has 0 aliphatic carbocycles. The van der Waals surface area contributed by atoms with Crippen LogP contribution in [-0.4, -0.2) is 55.9 Å². The van der Waals surface area contributed by atoms with Crippen LogP contribution in [-0.2, 0) is 4.74 Å². The van der Waals surface area contributed by atoms with E-state index in [1.807, 2.05) is 19.1 Å². The van der Waals surface area contributed by atoms with Crippen LogP contribution < -0.4 is 19.7 Å². The van der Waals surface area contributed by atoms with E-state index in [0.29, 0.717) is 42.1 Å². The van der Waals surface area contributed by atoms with Crippen LogP contribution in [0.1, 0.15) is 17.3 Å². The molecule has 0 saturated carbocycles. The minimum absolute atomic E-state index is 0.272. The third-order valence-electron chi connectivity index (χ3n) is 4.57. The molecule has 0 bridgehead atoms. The van der Waals surface area contributed by atoms with Crippen LogP contribution in [0.4, 0.5) is 10.8 Å². The highest BCUT2D eigenvalue weighted by Crippen LogP contribution is 2.39. The number of amides is 1. The number of nitrogens with one attached hydrogen (secondary N) is 1. The number of aromatic nitrogens is 2. The van der Waals surface area contributed by atoms with Gasteiger partial charge in [-0.3, -0.25) is 10.1 Å². The van der Waals surface area contributed by atoms with E-state index in [1.165, 1.54) is 17.5 Å². The molecule has 1 fully saturated rings. The normalized spacial score (nSPS) is 14.1. The largest absolute Gasteiger partial charge is 0.494 e. The molecule has 8 nitrogen and oxygen atoms in total. The van der Waals surface area contributed by atoms with Gasteiger partial charge in [-0.1, -0.05) is 11.3 Å². The summed E-state index contributed by atoms with van der Waals surface area (Å²) < 4.78 is 17.2. The lowest BCUT2D eigenvalue weighted by molar-refractivity contribution is 0.102. The summed E-state index contributed by atoms with van der Waals surface area (Å²) in [5, 5.41) is 3.38. The average molecular weight is 414 g/mol. The number of rotatable bonds is 6. The molecular weight excluding hydrogens is 392 g/mol. The smallest absolute Gasteiger partial charge is 0.259 e. The first-order valence-electron chi connectivity index (χ1n) is 9.40. The molecule has 9 heteroatoms. The van der Waals surface area contributed by atoms with Gasteiger partial charge in [0.1, 0.15) is 11.3 Å². The van der Waals surface area contributed by atoms with Crippen molar-refractivity contribution in [1.29, 1.82) is 0 Å². The Balaban J connectivity index is 1.61. The molecule has 2 aromatic heterocycles. The minimum atomic E-state index is -0.272. The van der Waals surface area contributed by atoms with E-state index < -0.39 is 0 Å². The third kappa shape index (κ3) is 4.10. The number of ether oxygens (including phenoxy) is 3. The van der Waals surface area contributed by atoms with Crippen LogP contribution in [0.25, 0.3) is 10.2 Å². The fourth-order valence-corrected chi connectivity index (χ4v) is 4.18. The standard InChI is InChI=1S/C20H22N4O4S/c1-3-28-16-7-4-13(12-21-16)19(25)23-20-22-17-15(26-2)6-5-14(18(17)29-20)24-8-10-27-11-9-24/h4-7,12H,3,8-11H2,1-2H3,(H,22,23,25). The number of nitrogens with zero attached hydrogens (tertiary/aromatic N) is 3. The van der Waals surface area contributed by atoms with Crippen LogP contribution >= 0.6 is 11.3 Å². The summed E-state index contributed by atoms with van der Waals surface area (Å²) in [7, 11) is 1.62. The number of pyridine rings is 1. The first-order valence-corrected chi connectivity index (χ1v) is 10.2. The molecule has 3 heterocycles. The lowest BCUT2D eigenvalue weighted by atomic mass is 10.2. The van der Waals surface area contributed by atoms with Gasteiger partial charge in [0.05, 0.1) is 42.9 Å². The van der Waals surface area contributed by atoms with Gasteiger partial charge in [0.25, 0.3) is 5.91 Å². The molecule has 0 atom stereocenters.